The molecule has 0 aliphatic rings. The molecule has 4 aromatic rings. The molecule has 2 heterocycles. The minimum absolute atomic E-state index is 0.0873. The highest BCUT2D eigenvalue weighted by Crippen LogP contribution is 2.35. The Hall–Kier alpha value is -3.27. The Morgan fingerprint density at radius 3 is 2.62 bits per heavy atom. The summed E-state index contributed by atoms with van der Waals surface area (Å²) >= 11 is 0. The van der Waals surface area contributed by atoms with Crippen LogP contribution in [0.4, 0.5) is 5.82 Å². The molecule has 9 heteroatoms. The summed E-state index contributed by atoms with van der Waals surface area (Å²) < 4.78 is 39.1. The zero-order chi connectivity index (χ0) is 22.9. The molecule has 32 heavy (non-hydrogen) atoms. The van der Waals surface area contributed by atoms with Gasteiger partial charge in [-0.25, -0.2) is 12.7 Å². The van der Waals surface area contributed by atoms with Crippen molar-refractivity contribution in [2.24, 2.45) is 0 Å². The maximum Gasteiger partial charge on any atom is 0.268 e. The van der Waals surface area contributed by atoms with Gasteiger partial charge in [0.1, 0.15) is 12.5 Å². The van der Waals surface area contributed by atoms with Gasteiger partial charge in [0.2, 0.25) is 0 Å². The number of aliphatic hydroxyl groups excluding tert-OH is 1. The third-order valence-corrected chi connectivity index (χ3v) is 7.16. The van der Waals surface area contributed by atoms with Crippen LogP contribution in [-0.2, 0) is 21.4 Å². The van der Waals surface area contributed by atoms with Crippen LogP contribution in [0.15, 0.2) is 64.3 Å². The molecule has 2 aromatic carbocycles. The van der Waals surface area contributed by atoms with Crippen LogP contribution in [0.2, 0.25) is 0 Å². The third-order valence-electron chi connectivity index (χ3n) is 5.39. The number of hydrogen-bond acceptors (Lipinski definition) is 7. The maximum absolute atomic E-state index is 13.8. The maximum atomic E-state index is 13.8. The highest BCUT2D eigenvalue weighted by Gasteiger charge is 2.31. The molecule has 0 bridgehead atoms. The van der Waals surface area contributed by atoms with Gasteiger partial charge >= 0.3 is 0 Å². The molecule has 0 atom stereocenters. The SMILES string of the molecule is COCN(c1noc(C)c1C)S(=O)(=O)c1ccccc1-c1cc(CO)c2ccncc2c1. The molecule has 0 amide bonds. The van der Waals surface area contributed by atoms with E-state index in [1.807, 2.05) is 12.1 Å². The van der Waals surface area contributed by atoms with Gasteiger partial charge in [-0.3, -0.25) is 4.98 Å². The fourth-order valence-electron chi connectivity index (χ4n) is 3.62. The van der Waals surface area contributed by atoms with E-state index in [-0.39, 0.29) is 24.1 Å². The van der Waals surface area contributed by atoms with Crippen LogP contribution >= 0.6 is 0 Å². The molecule has 0 spiro atoms. The van der Waals surface area contributed by atoms with Gasteiger partial charge in [-0.15, -0.1) is 0 Å². The lowest BCUT2D eigenvalue weighted by molar-refractivity contribution is 0.208. The number of aromatic nitrogens is 2. The molecule has 0 unspecified atom stereocenters. The molecule has 2 aromatic heterocycles. The minimum atomic E-state index is -4.07. The molecule has 0 saturated heterocycles. The molecule has 0 fully saturated rings. The molecular weight excluding hydrogens is 430 g/mol. The quantitative estimate of drug-likeness (QED) is 0.424. The van der Waals surface area contributed by atoms with Gasteiger partial charge < -0.3 is 14.4 Å². The van der Waals surface area contributed by atoms with E-state index < -0.39 is 10.0 Å². The summed E-state index contributed by atoms with van der Waals surface area (Å²) in [6.07, 6.45) is 3.35. The van der Waals surface area contributed by atoms with E-state index in [1.165, 1.54) is 7.11 Å². The molecule has 8 nitrogen and oxygen atoms in total. The Balaban J connectivity index is 1.91. The molecule has 4 rings (SSSR count). The van der Waals surface area contributed by atoms with E-state index in [4.69, 9.17) is 9.26 Å². The lowest BCUT2D eigenvalue weighted by Crippen LogP contribution is -2.34. The number of sulfonamides is 1. The number of aryl methyl sites for hydroxylation is 1. The summed E-state index contributed by atoms with van der Waals surface area (Å²) in [7, 11) is -2.65. The van der Waals surface area contributed by atoms with Crippen molar-refractivity contribution >= 4 is 26.6 Å². The monoisotopic (exact) mass is 453 g/mol. The number of pyridine rings is 1. The molecule has 0 aliphatic carbocycles. The Morgan fingerprint density at radius 2 is 1.94 bits per heavy atom. The Labute approximate surface area is 186 Å². The fourth-order valence-corrected chi connectivity index (χ4v) is 5.22. The van der Waals surface area contributed by atoms with Crippen molar-refractivity contribution in [2.45, 2.75) is 25.3 Å². The van der Waals surface area contributed by atoms with Crippen molar-refractivity contribution < 1.29 is 22.8 Å². The Morgan fingerprint density at radius 1 is 1.16 bits per heavy atom. The number of nitrogens with zero attached hydrogens (tertiary/aromatic N) is 3. The number of aliphatic hydroxyl groups is 1. The molecule has 1 N–H and O–H groups in total. The van der Waals surface area contributed by atoms with E-state index >= 15 is 0 Å². The van der Waals surface area contributed by atoms with E-state index in [0.717, 1.165) is 15.1 Å². The highest BCUT2D eigenvalue weighted by molar-refractivity contribution is 7.93. The zero-order valence-corrected chi connectivity index (χ0v) is 18.8. The van der Waals surface area contributed by atoms with Crippen molar-refractivity contribution in [1.29, 1.82) is 0 Å². The zero-order valence-electron chi connectivity index (χ0n) is 17.9. The van der Waals surface area contributed by atoms with Crippen LogP contribution in [0.25, 0.3) is 21.9 Å². The molecule has 166 valence electrons. The second-order valence-corrected chi connectivity index (χ2v) is 9.18. The van der Waals surface area contributed by atoms with Gasteiger partial charge in [0.05, 0.1) is 11.5 Å². The predicted molar refractivity (Wildman–Crippen MR) is 121 cm³/mol. The number of rotatable bonds is 7. The lowest BCUT2D eigenvalue weighted by Gasteiger charge is -2.23. The first-order valence-corrected chi connectivity index (χ1v) is 11.3. The van der Waals surface area contributed by atoms with Gasteiger partial charge in [0.15, 0.2) is 5.82 Å². The molecule has 0 aliphatic heterocycles. The number of hydrogen-bond donors (Lipinski definition) is 1. The van der Waals surface area contributed by atoms with Crippen LogP contribution in [-0.4, -0.2) is 37.5 Å². The standard InChI is InChI=1S/C23H23N3O5S/c1-15-16(2)31-25-23(15)26(14-30-3)32(28,29)22-7-5-4-6-21(22)17-10-18-12-24-9-8-20(18)19(11-17)13-27/h4-12,27H,13-14H2,1-3H3. The first kappa shape index (κ1) is 21.9. The highest BCUT2D eigenvalue weighted by atomic mass is 32.2. The van der Waals surface area contributed by atoms with Crippen molar-refractivity contribution in [3.8, 4) is 11.1 Å². The first-order chi connectivity index (χ1) is 15.4. The van der Waals surface area contributed by atoms with Crippen molar-refractivity contribution in [1.82, 2.24) is 10.1 Å². The summed E-state index contributed by atoms with van der Waals surface area (Å²) in [4.78, 5) is 4.24. The summed E-state index contributed by atoms with van der Waals surface area (Å²) in [5, 5.41) is 15.5. The molecular formula is C23H23N3O5S. The van der Waals surface area contributed by atoms with E-state index in [1.54, 1.807) is 56.6 Å². The average molecular weight is 454 g/mol. The van der Waals surface area contributed by atoms with E-state index in [2.05, 4.69) is 10.1 Å². The second-order valence-electron chi connectivity index (χ2n) is 7.35. The van der Waals surface area contributed by atoms with Gasteiger partial charge in [0.25, 0.3) is 10.0 Å². The smallest absolute Gasteiger partial charge is 0.268 e. The molecule has 0 radical (unpaired) electrons. The van der Waals surface area contributed by atoms with Gasteiger partial charge in [0, 0.05) is 36.0 Å². The fraction of sp³-hybridized carbons (Fsp3) is 0.217. The van der Waals surface area contributed by atoms with Crippen molar-refractivity contribution in [3.05, 3.63) is 71.7 Å². The van der Waals surface area contributed by atoms with Gasteiger partial charge in [-0.05, 0) is 54.6 Å². The normalized spacial score (nSPS) is 11.8. The summed E-state index contributed by atoms with van der Waals surface area (Å²) in [6, 6.07) is 12.2. The summed E-state index contributed by atoms with van der Waals surface area (Å²) in [6.45, 7) is 3.05. The first-order valence-electron chi connectivity index (χ1n) is 9.90. The second kappa shape index (κ2) is 8.70. The topological polar surface area (TPSA) is 106 Å². The average Bonchev–Trinajstić information content (AvgIpc) is 3.14. The number of ether oxygens (including phenoxy) is 1. The van der Waals surface area contributed by atoms with Crippen LogP contribution < -0.4 is 4.31 Å². The number of anilines is 1. The van der Waals surface area contributed by atoms with Gasteiger partial charge in [-0.1, -0.05) is 23.4 Å². The Bertz CT molecular complexity index is 1380. The predicted octanol–water partition coefficient (Wildman–Crippen LogP) is 3.80. The number of fused-ring (bicyclic) bond motifs is 1. The van der Waals surface area contributed by atoms with Crippen LogP contribution in [0, 0.1) is 13.8 Å². The van der Waals surface area contributed by atoms with E-state index in [9.17, 15) is 13.5 Å². The third kappa shape index (κ3) is 3.75. The lowest BCUT2D eigenvalue weighted by atomic mass is 9.98. The molecule has 0 saturated carbocycles. The van der Waals surface area contributed by atoms with Crippen LogP contribution in [0.1, 0.15) is 16.9 Å². The Kier molecular flexibility index (Phi) is 5.96. The summed E-state index contributed by atoms with van der Waals surface area (Å²) in [5.41, 5.74) is 2.44. The van der Waals surface area contributed by atoms with Crippen molar-refractivity contribution in [2.75, 3.05) is 18.1 Å². The summed E-state index contributed by atoms with van der Waals surface area (Å²) in [5.74, 6) is 0.706. The van der Waals surface area contributed by atoms with Crippen LogP contribution in [0.3, 0.4) is 0 Å². The largest absolute Gasteiger partial charge is 0.392 e. The number of benzene rings is 2. The number of methoxy groups -OCH3 is 1. The van der Waals surface area contributed by atoms with Crippen LogP contribution in [0.5, 0.6) is 0 Å². The van der Waals surface area contributed by atoms with E-state index in [0.29, 0.717) is 28.0 Å². The minimum Gasteiger partial charge on any atom is -0.392 e. The van der Waals surface area contributed by atoms with Gasteiger partial charge in [-0.2, -0.15) is 0 Å². The van der Waals surface area contributed by atoms with Crippen molar-refractivity contribution in [3.63, 3.8) is 0 Å².